The molecule has 2 aliphatic heterocycles. The summed E-state index contributed by atoms with van der Waals surface area (Å²) in [5.41, 5.74) is 1.99. The van der Waals surface area contributed by atoms with Gasteiger partial charge in [0.05, 0.1) is 11.6 Å². The zero-order valence-electron chi connectivity index (χ0n) is 17.1. The highest BCUT2D eigenvalue weighted by atomic mass is 16.6. The topological polar surface area (TPSA) is 89.0 Å². The van der Waals surface area contributed by atoms with Crippen molar-refractivity contribution in [3.8, 4) is 11.5 Å². The van der Waals surface area contributed by atoms with Gasteiger partial charge in [0.15, 0.2) is 11.5 Å². The fraction of sp³-hybridized carbons (Fsp3) is 0.160. The molecule has 0 bridgehead atoms. The Morgan fingerprint density at radius 3 is 2.44 bits per heavy atom. The molecule has 7 nitrogen and oxygen atoms in total. The number of nitrogens with zero attached hydrogens (tertiary/aromatic N) is 2. The highest BCUT2D eigenvalue weighted by Gasteiger charge is 2.46. The molecule has 3 heterocycles. The maximum atomic E-state index is 13.1. The summed E-state index contributed by atoms with van der Waals surface area (Å²) < 4.78 is 11.1. The molecule has 1 N–H and O–H groups in total. The predicted octanol–water partition coefficient (Wildman–Crippen LogP) is 3.47. The lowest BCUT2D eigenvalue weighted by Gasteiger charge is -2.25. The number of likely N-dealkylation sites (tertiary alicyclic amines) is 1. The quantitative estimate of drug-likeness (QED) is 0.389. The first kappa shape index (κ1) is 19.8. The number of ether oxygens (including phenoxy) is 2. The van der Waals surface area contributed by atoms with Gasteiger partial charge in [-0.15, -0.1) is 0 Å². The van der Waals surface area contributed by atoms with Crippen LogP contribution < -0.4 is 9.47 Å². The zero-order valence-corrected chi connectivity index (χ0v) is 17.1. The number of carbonyl (C=O) groups excluding carboxylic acids is 2. The molecule has 0 spiro atoms. The molecule has 2 aromatic carbocycles. The summed E-state index contributed by atoms with van der Waals surface area (Å²) in [7, 11) is 0. The van der Waals surface area contributed by atoms with Crippen molar-refractivity contribution in [3.05, 3.63) is 95.3 Å². The molecule has 5 rings (SSSR count). The second-order valence-corrected chi connectivity index (χ2v) is 7.55. The van der Waals surface area contributed by atoms with Gasteiger partial charge >= 0.3 is 0 Å². The minimum Gasteiger partial charge on any atom is -0.507 e. The molecule has 0 unspecified atom stereocenters. The van der Waals surface area contributed by atoms with Crippen LogP contribution >= 0.6 is 0 Å². The SMILES string of the molecule is O=C1C(=O)N(Cc2ccccc2)[C@H](c2ccncc2)/C1=C(\O)c1ccc2c(c1)OCCO2. The third-order valence-electron chi connectivity index (χ3n) is 5.57. The van der Waals surface area contributed by atoms with Crippen molar-refractivity contribution in [2.45, 2.75) is 12.6 Å². The number of benzene rings is 2. The second-order valence-electron chi connectivity index (χ2n) is 7.55. The summed E-state index contributed by atoms with van der Waals surface area (Å²) >= 11 is 0. The van der Waals surface area contributed by atoms with E-state index in [0.717, 1.165) is 5.56 Å². The number of hydrogen-bond acceptors (Lipinski definition) is 6. The highest BCUT2D eigenvalue weighted by molar-refractivity contribution is 6.46. The number of aliphatic hydroxyl groups is 1. The van der Waals surface area contributed by atoms with Gasteiger partial charge in [-0.05, 0) is 41.5 Å². The Hall–Kier alpha value is -4.13. The van der Waals surface area contributed by atoms with Crippen molar-refractivity contribution in [1.29, 1.82) is 0 Å². The first-order chi connectivity index (χ1) is 15.6. The van der Waals surface area contributed by atoms with Gasteiger partial charge in [0.1, 0.15) is 19.0 Å². The molecule has 1 aromatic heterocycles. The van der Waals surface area contributed by atoms with Crippen molar-refractivity contribution in [2.24, 2.45) is 0 Å². The van der Waals surface area contributed by atoms with Gasteiger partial charge in [0.25, 0.3) is 11.7 Å². The monoisotopic (exact) mass is 428 g/mol. The normalized spacial score (nSPS) is 19.2. The first-order valence-electron chi connectivity index (χ1n) is 10.3. The minimum atomic E-state index is -0.744. The van der Waals surface area contributed by atoms with Gasteiger partial charge in [0, 0.05) is 24.5 Å². The summed E-state index contributed by atoms with van der Waals surface area (Å²) in [5.74, 6) is -0.579. The second kappa shape index (κ2) is 8.19. The van der Waals surface area contributed by atoms with E-state index in [1.54, 1.807) is 42.7 Å². The van der Waals surface area contributed by atoms with E-state index in [1.807, 2.05) is 30.3 Å². The zero-order chi connectivity index (χ0) is 22.1. The molecule has 1 saturated heterocycles. The Balaban J connectivity index is 1.62. The Morgan fingerprint density at radius 2 is 1.69 bits per heavy atom. The van der Waals surface area contributed by atoms with Gasteiger partial charge in [-0.3, -0.25) is 14.6 Å². The van der Waals surface area contributed by atoms with Crippen LogP contribution in [0.3, 0.4) is 0 Å². The van der Waals surface area contributed by atoms with E-state index in [2.05, 4.69) is 4.98 Å². The van der Waals surface area contributed by atoms with Crippen molar-refractivity contribution < 1.29 is 24.2 Å². The molecule has 2 aliphatic rings. The maximum Gasteiger partial charge on any atom is 0.295 e. The number of pyridine rings is 1. The number of aliphatic hydroxyl groups excluding tert-OH is 1. The number of ketones is 1. The van der Waals surface area contributed by atoms with Crippen molar-refractivity contribution in [2.75, 3.05) is 13.2 Å². The van der Waals surface area contributed by atoms with E-state index >= 15 is 0 Å². The molecule has 0 radical (unpaired) electrons. The molecular formula is C25H20N2O5. The number of aromatic nitrogens is 1. The van der Waals surface area contributed by atoms with Crippen LogP contribution in [0.2, 0.25) is 0 Å². The average Bonchev–Trinajstić information content (AvgIpc) is 3.09. The lowest BCUT2D eigenvalue weighted by atomic mass is 9.95. The smallest absolute Gasteiger partial charge is 0.295 e. The van der Waals surface area contributed by atoms with Gasteiger partial charge in [-0.1, -0.05) is 30.3 Å². The largest absolute Gasteiger partial charge is 0.507 e. The molecular weight excluding hydrogens is 408 g/mol. The van der Waals surface area contributed by atoms with E-state index in [4.69, 9.17) is 9.47 Å². The number of fused-ring (bicyclic) bond motifs is 1. The predicted molar refractivity (Wildman–Crippen MR) is 116 cm³/mol. The molecule has 1 amide bonds. The third kappa shape index (κ3) is 3.47. The minimum absolute atomic E-state index is 0.0359. The average molecular weight is 428 g/mol. The van der Waals surface area contributed by atoms with Crippen LogP contribution in [-0.2, 0) is 16.1 Å². The third-order valence-corrected chi connectivity index (χ3v) is 5.57. The van der Waals surface area contributed by atoms with Crippen LogP contribution in [0.5, 0.6) is 11.5 Å². The molecule has 0 saturated carbocycles. The molecule has 1 atom stereocenters. The number of rotatable bonds is 4. The standard InChI is InChI=1S/C25H20N2O5/c28-23(18-6-7-19-20(14-18)32-13-12-31-19)21-22(17-8-10-26-11-9-17)27(25(30)24(21)29)15-16-4-2-1-3-5-16/h1-11,14,22,28H,12-13,15H2/b23-21+/t22-/m1/s1. The summed E-state index contributed by atoms with van der Waals surface area (Å²) in [5, 5.41) is 11.2. The van der Waals surface area contributed by atoms with Crippen LogP contribution in [0.15, 0.2) is 78.6 Å². The Kier molecular flexibility index (Phi) is 5.07. The fourth-order valence-corrected chi connectivity index (χ4v) is 4.06. The summed E-state index contributed by atoms with van der Waals surface area (Å²) in [6.07, 6.45) is 3.20. The summed E-state index contributed by atoms with van der Waals surface area (Å²) in [6, 6.07) is 17.1. The van der Waals surface area contributed by atoms with Crippen LogP contribution in [-0.4, -0.2) is 39.9 Å². The van der Waals surface area contributed by atoms with Crippen molar-refractivity contribution in [3.63, 3.8) is 0 Å². The van der Waals surface area contributed by atoms with Gasteiger partial charge in [-0.2, -0.15) is 0 Å². The number of amides is 1. The lowest BCUT2D eigenvalue weighted by Crippen LogP contribution is -2.29. The van der Waals surface area contributed by atoms with E-state index in [-0.39, 0.29) is 17.9 Å². The van der Waals surface area contributed by atoms with E-state index in [9.17, 15) is 14.7 Å². The molecule has 32 heavy (non-hydrogen) atoms. The van der Waals surface area contributed by atoms with Gasteiger partial charge in [-0.25, -0.2) is 0 Å². The van der Waals surface area contributed by atoms with E-state index in [0.29, 0.717) is 35.8 Å². The molecule has 0 aliphatic carbocycles. The van der Waals surface area contributed by atoms with Gasteiger partial charge in [0.2, 0.25) is 0 Å². The fourth-order valence-electron chi connectivity index (χ4n) is 4.06. The van der Waals surface area contributed by atoms with Crippen LogP contribution in [0, 0.1) is 0 Å². The number of Topliss-reactive ketones (excluding diaryl/α,β-unsaturated/α-hetero) is 1. The Morgan fingerprint density at radius 1 is 0.969 bits per heavy atom. The first-order valence-corrected chi connectivity index (χ1v) is 10.3. The highest BCUT2D eigenvalue weighted by Crippen LogP contribution is 2.41. The Bertz CT molecular complexity index is 1210. The molecule has 160 valence electrons. The lowest BCUT2D eigenvalue weighted by molar-refractivity contribution is -0.140. The van der Waals surface area contributed by atoms with Crippen molar-refractivity contribution in [1.82, 2.24) is 9.88 Å². The van der Waals surface area contributed by atoms with Crippen LogP contribution in [0.25, 0.3) is 5.76 Å². The molecule has 1 fully saturated rings. The van der Waals surface area contributed by atoms with Gasteiger partial charge < -0.3 is 19.5 Å². The van der Waals surface area contributed by atoms with Crippen LogP contribution in [0.4, 0.5) is 0 Å². The van der Waals surface area contributed by atoms with Crippen molar-refractivity contribution >= 4 is 17.4 Å². The van der Waals surface area contributed by atoms with E-state index < -0.39 is 17.7 Å². The number of carbonyl (C=O) groups is 2. The molecule has 3 aromatic rings. The van der Waals surface area contributed by atoms with E-state index in [1.165, 1.54) is 4.90 Å². The Labute approximate surface area is 184 Å². The molecule has 7 heteroatoms. The summed E-state index contributed by atoms with van der Waals surface area (Å²) in [6.45, 7) is 1.08. The van der Waals surface area contributed by atoms with Crippen LogP contribution in [0.1, 0.15) is 22.7 Å². The maximum absolute atomic E-state index is 13.1. The number of hydrogen-bond donors (Lipinski definition) is 1. The summed E-state index contributed by atoms with van der Waals surface area (Å²) in [4.78, 5) is 31.7.